The van der Waals surface area contributed by atoms with Crippen molar-refractivity contribution in [1.29, 1.82) is 5.26 Å². The van der Waals surface area contributed by atoms with Gasteiger partial charge in [0.25, 0.3) is 0 Å². The number of nitrogens with zero attached hydrogens (tertiary/aromatic N) is 1. The average molecular weight is 267 g/mol. The smallest absolute Gasteiger partial charge is 0.416 e. The molecular weight excluding hydrogens is 255 g/mol. The van der Waals surface area contributed by atoms with Crippen molar-refractivity contribution in [2.45, 2.75) is 20.0 Å². The molecule has 2 rings (SSSR count). The molecule has 0 aliphatic carbocycles. The zero-order valence-corrected chi connectivity index (χ0v) is 10.5. The first-order valence-corrected chi connectivity index (χ1v) is 5.70. The van der Waals surface area contributed by atoms with Gasteiger partial charge in [-0.25, -0.2) is 0 Å². The van der Waals surface area contributed by atoms with Gasteiger partial charge in [-0.05, 0) is 18.2 Å². The van der Waals surface area contributed by atoms with Crippen LogP contribution < -0.4 is 4.74 Å². The maximum absolute atomic E-state index is 12.7. The molecule has 0 fully saturated rings. The topological polar surface area (TPSA) is 33.0 Å². The Labute approximate surface area is 109 Å². The minimum absolute atomic E-state index is 0.197. The molecular formula is C14H12F3NO. The predicted octanol–water partition coefficient (Wildman–Crippen LogP) is 4.03. The summed E-state index contributed by atoms with van der Waals surface area (Å²) in [5, 5.41) is 9.13. The average Bonchev–Trinajstić information content (AvgIpc) is 2.44. The molecule has 0 spiro atoms. The molecule has 0 atom stereocenters. The molecule has 5 heteroatoms. The van der Waals surface area contributed by atoms with Gasteiger partial charge in [-0.1, -0.05) is 19.9 Å². The minimum Gasteiger partial charge on any atom is -0.492 e. The van der Waals surface area contributed by atoms with Gasteiger partial charge in [0.1, 0.15) is 5.75 Å². The summed E-state index contributed by atoms with van der Waals surface area (Å²) >= 11 is 0. The van der Waals surface area contributed by atoms with E-state index in [1.807, 2.05) is 19.9 Å². The van der Waals surface area contributed by atoms with E-state index in [4.69, 9.17) is 10.00 Å². The van der Waals surface area contributed by atoms with Crippen LogP contribution in [0.15, 0.2) is 24.3 Å². The van der Waals surface area contributed by atoms with Crippen LogP contribution in [-0.4, -0.2) is 6.61 Å². The molecule has 1 heterocycles. The van der Waals surface area contributed by atoms with E-state index in [0.717, 1.165) is 12.1 Å². The first-order chi connectivity index (χ1) is 8.73. The number of fused-ring (bicyclic) bond motifs is 1. The SMILES string of the molecule is CC1(C)C=C(C#N)c2cc(C(F)(F)F)ccc2OC1. The third-order valence-electron chi connectivity index (χ3n) is 2.85. The Hall–Kier alpha value is -1.96. The van der Waals surface area contributed by atoms with Crippen LogP contribution in [0.5, 0.6) is 5.75 Å². The lowest BCUT2D eigenvalue weighted by molar-refractivity contribution is -0.137. The summed E-state index contributed by atoms with van der Waals surface area (Å²) in [6.45, 7) is 4.04. The maximum Gasteiger partial charge on any atom is 0.416 e. The van der Waals surface area contributed by atoms with Gasteiger partial charge in [0, 0.05) is 11.0 Å². The van der Waals surface area contributed by atoms with Crippen molar-refractivity contribution < 1.29 is 17.9 Å². The van der Waals surface area contributed by atoms with Gasteiger partial charge >= 0.3 is 6.18 Å². The second kappa shape index (κ2) is 4.30. The predicted molar refractivity (Wildman–Crippen MR) is 64.3 cm³/mol. The number of alkyl halides is 3. The number of rotatable bonds is 0. The third-order valence-corrected chi connectivity index (χ3v) is 2.85. The Morgan fingerprint density at radius 2 is 2.00 bits per heavy atom. The Bertz CT molecular complexity index is 579. The highest BCUT2D eigenvalue weighted by Gasteiger charge is 2.32. The molecule has 0 aromatic heterocycles. The Morgan fingerprint density at radius 3 is 2.58 bits per heavy atom. The maximum atomic E-state index is 12.7. The molecule has 1 aliphatic heterocycles. The highest BCUT2D eigenvalue weighted by atomic mass is 19.4. The number of allylic oxidation sites excluding steroid dienone is 1. The van der Waals surface area contributed by atoms with Crippen LogP contribution >= 0.6 is 0 Å². The van der Waals surface area contributed by atoms with Gasteiger partial charge in [0.15, 0.2) is 0 Å². The number of ether oxygens (including phenoxy) is 1. The fraction of sp³-hybridized carbons (Fsp3) is 0.357. The van der Waals surface area contributed by atoms with Crippen molar-refractivity contribution in [3.63, 3.8) is 0 Å². The van der Waals surface area contributed by atoms with E-state index < -0.39 is 17.2 Å². The zero-order valence-electron chi connectivity index (χ0n) is 10.5. The quantitative estimate of drug-likeness (QED) is 0.711. The highest BCUT2D eigenvalue weighted by molar-refractivity contribution is 5.81. The van der Waals surface area contributed by atoms with Crippen molar-refractivity contribution in [2.75, 3.05) is 6.61 Å². The van der Waals surface area contributed by atoms with Crippen molar-refractivity contribution >= 4 is 5.57 Å². The summed E-state index contributed by atoms with van der Waals surface area (Å²) in [5.41, 5.74) is -0.773. The molecule has 0 radical (unpaired) electrons. The van der Waals surface area contributed by atoms with Crippen LogP contribution in [0.1, 0.15) is 25.0 Å². The third kappa shape index (κ3) is 2.73. The van der Waals surface area contributed by atoms with Crippen LogP contribution in [0.25, 0.3) is 5.57 Å². The number of hydrogen-bond donors (Lipinski definition) is 0. The molecule has 1 aromatic rings. The highest BCUT2D eigenvalue weighted by Crippen LogP contribution is 2.38. The van der Waals surface area contributed by atoms with Crippen molar-refractivity contribution in [3.8, 4) is 11.8 Å². The summed E-state index contributed by atoms with van der Waals surface area (Å²) in [7, 11) is 0. The summed E-state index contributed by atoms with van der Waals surface area (Å²) < 4.78 is 43.6. The lowest BCUT2D eigenvalue weighted by atomic mass is 9.90. The van der Waals surface area contributed by atoms with Crippen molar-refractivity contribution in [3.05, 3.63) is 35.4 Å². The minimum atomic E-state index is -4.43. The molecule has 0 N–H and O–H groups in total. The monoisotopic (exact) mass is 267 g/mol. The molecule has 1 aromatic carbocycles. The lowest BCUT2D eigenvalue weighted by Gasteiger charge is -2.18. The first-order valence-electron chi connectivity index (χ1n) is 5.70. The van der Waals surface area contributed by atoms with Gasteiger partial charge in [0.2, 0.25) is 0 Å². The van der Waals surface area contributed by atoms with Crippen LogP contribution in [0.4, 0.5) is 13.2 Å². The number of hydrogen-bond acceptors (Lipinski definition) is 2. The zero-order chi connectivity index (χ0) is 14.3. The number of nitriles is 1. The van der Waals surface area contributed by atoms with Gasteiger partial charge in [-0.15, -0.1) is 0 Å². The van der Waals surface area contributed by atoms with E-state index in [2.05, 4.69) is 0 Å². The van der Waals surface area contributed by atoms with Gasteiger partial charge in [0.05, 0.1) is 23.8 Å². The van der Waals surface area contributed by atoms with Crippen LogP contribution in [-0.2, 0) is 6.18 Å². The second-order valence-corrected chi connectivity index (χ2v) is 5.16. The van der Waals surface area contributed by atoms with E-state index in [1.165, 1.54) is 6.07 Å². The summed E-state index contributed by atoms with van der Waals surface area (Å²) in [6.07, 6.45) is -2.78. The summed E-state index contributed by atoms with van der Waals surface area (Å²) in [5.74, 6) is 0.311. The van der Waals surface area contributed by atoms with E-state index in [1.54, 1.807) is 6.08 Å². The molecule has 0 unspecified atom stereocenters. The number of halogens is 3. The molecule has 0 amide bonds. The second-order valence-electron chi connectivity index (χ2n) is 5.16. The van der Waals surface area contributed by atoms with Crippen LogP contribution in [0.2, 0.25) is 0 Å². The molecule has 0 bridgehead atoms. The molecule has 0 saturated carbocycles. The fourth-order valence-corrected chi connectivity index (χ4v) is 1.91. The fourth-order valence-electron chi connectivity index (χ4n) is 1.91. The Kier molecular flexibility index (Phi) is 3.05. The summed E-state index contributed by atoms with van der Waals surface area (Å²) in [4.78, 5) is 0. The van der Waals surface area contributed by atoms with Gasteiger partial charge < -0.3 is 4.74 Å². The largest absolute Gasteiger partial charge is 0.492 e. The molecule has 0 saturated heterocycles. The van der Waals surface area contributed by atoms with E-state index in [9.17, 15) is 13.2 Å². The Morgan fingerprint density at radius 1 is 1.32 bits per heavy atom. The van der Waals surface area contributed by atoms with E-state index in [-0.39, 0.29) is 11.1 Å². The normalized spacial score (nSPS) is 17.6. The van der Waals surface area contributed by atoms with E-state index in [0.29, 0.717) is 12.4 Å². The Balaban J connectivity index is 2.60. The summed E-state index contributed by atoms with van der Waals surface area (Å²) in [6, 6.07) is 5.15. The van der Waals surface area contributed by atoms with Gasteiger partial charge in [-0.2, -0.15) is 18.4 Å². The standard InChI is InChI=1S/C14H12F3NO/c1-13(2)6-9(7-18)11-5-10(14(15,16)17)3-4-12(11)19-8-13/h3-6H,8H2,1-2H3. The van der Waals surface area contributed by atoms with Crippen LogP contribution in [0, 0.1) is 16.7 Å². The van der Waals surface area contributed by atoms with Crippen molar-refractivity contribution in [2.24, 2.45) is 5.41 Å². The molecule has 100 valence electrons. The van der Waals surface area contributed by atoms with Crippen molar-refractivity contribution in [1.82, 2.24) is 0 Å². The van der Waals surface area contributed by atoms with Gasteiger partial charge in [-0.3, -0.25) is 0 Å². The number of benzene rings is 1. The molecule has 1 aliphatic rings. The van der Waals surface area contributed by atoms with E-state index >= 15 is 0 Å². The lowest BCUT2D eigenvalue weighted by Crippen LogP contribution is -2.17. The van der Waals surface area contributed by atoms with Crippen LogP contribution in [0.3, 0.4) is 0 Å². The molecule has 2 nitrogen and oxygen atoms in total. The molecule has 19 heavy (non-hydrogen) atoms. The first kappa shape index (κ1) is 13.5.